The summed E-state index contributed by atoms with van der Waals surface area (Å²) in [6.45, 7) is 3.38. The van der Waals surface area contributed by atoms with Crippen LogP contribution in [0.15, 0.2) is 64.0 Å². The summed E-state index contributed by atoms with van der Waals surface area (Å²) < 4.78 is 13.7. The number of hydrogen-bond donors (Lipinski definition) is 0. The molecule has 0 unspecified atom stereocenters. The standard InChI is InChI=1S/C23H22BrClN2O3/c1-29-18-8-6-16(7-9-18)15-30-21-14-27-11-10-26(13-20(27)22(24)23(21)28)12-17-4-2-3-5-19(17)25/h2-9,14H,10-13,15H2,1H3. The van der Waals surface area contributed by atoms with Crippen LogP contribution in [0.5, 0.6) is 11.5 Å². The smallest absolute Gasteiger partial charge is 0.237 e. The fourth-order valence-electron chi connectivity index (χ4n) is 3.53. The molecule has 3 aromatic rings. The van der Waals surface area contributed by atoms with Crippen LogP contribution in [0.25, 0.3) is 0 Å². The van der Waals surface area contributed by atoms with E-state index in [4.69, 9.17) is 21.1 Å². The Morgan fingerprint density at radius 3 is 2.60 bits per heavy atom. The molecule has 0 saturated carbocycles. The van der Waals surface area contributed by atoms with Crippen LogP contribution in [0, 0.1) is 0 Å². The molecule has 0 fully saturated rings. The zero-order chi connectivity index (χ0) is 21.1. The van der Waals surface area contributed by atoms with Gasteiger partial charge in [-0.2, -0.15) is 0 Å². The Hall–Kier alpha value is -2.28. The van der Waals surface area contributed by atoms with Gasteiger partial charge in [-0.1, -0.05) is 41.9 Å². The third kappa shape index (κ3) is 4.56. The number of methoxy groups -OCH3 is 1. The fraction of sp³-hybridized carbons (Fsp3) is 0.261. The highest BCUT2D eigenvalue weighted by atomic mass is 79.9. The van der Waals surface area contributed by atoms with Gasteiger partial charge in [0.15, 0.2) is 5.75 Å². The molecule has 0 saturated heterocycles. The SMILES string of the molecule is COc1ccc(COc2cn3c(c(Br)c2=O)CN(Cc2ccccc2Cl)CC3)cc1. The van der Waals surface area contributed by atoms with E-state index in [0.29, 0.717) is 23.4 Å². The zero-order valence-electron chi connectivity index (χ0n) is 16.6. The van der Waals surface area contributed by atoms with Gasteiger partial charge in [0.1, 0.15) is 12.4 Å². The van der Waals surface area contributed by atoms with Crippen LogP contribution in [0.3, 0.4) is 0 Å². The van der Waals surface area contributed by atoms with E-state index >= 15 is 0 Å². The van der Waals surface area contributed by atoms with Crippen molar-refractivity contribution in [1.82, 2.24) is 9.47 Å². The Kier molecular flexibility index (Phi) is 6.46. The molecule has 0 bridgehead atoms. The predicted molar refractivity (Wildman–Crippen MR) is 121 cm³/mol. The summed E-state index contributed by atoms with van der Waals surface area (Å²) in [4.78, 5) is 15.1. The quantitative estimate of drug-likeness (QED) is 0.496. The van der Waals surface area contributed by atoms with Gasteiger partial charge in [-0.05, 0) is 45.3 Å². The van der Waals surface area contributed by atoms with Gasteiger partial charge in [0.05, 0.1) is 23.5 Å². The van der Waals surface area contributed by atoms with Crippen LogP contribution < -0.4 is 14.9 Å². The molecule has 1 aromatic heterocycles. The van der Waals surface area contributed by atoms with Crippen molar-refractivity contribution in [3.63, 3.8) is 0 Å². The Bertz CT molecular complexity index is 1100. The lowest BCUT2D eigenvalue weighted by Gasteiger charge is -2.31. The second-order valence-corrected chi connectivity index (χ2v) is 8.42. The minimum Gasteiger partial charge on any atom is -0.497 e. The first-order valence-electron chi connectivity index (χ1n) is 9.68. The van der Waals surface area contributed by atoms with Crippen LogP contribution in [0.4, 0.5) is 0 Å². The Morgan fingerprint density at radius 1 is 1.10 bits per heavy atom. The predicted octanol–water partition coefficient (Wildman–Crippen LogP) is 4.87. The van der Waals surface area contributed by atoms with Crippen molar-refractivity contribution in [1.29, 1.82) is 0 Å². The number of halogens is 2. The Balaban J connectivity index is 1.49. The monoisotopic (exact) mass is 488 g/mol. The molecular formula is C23H22BrClN2O3. The average molecular weight is 490 g/mol. The van der Waals surface area contributed by atoms with Crippen LogP contribution >= 0.6 is 27.5 Å². The van der Waals surface area contributed by atoms with Gasteiger partial charge < -0.3 is 14.0 Å². The van der Waals surface area contributed by atoms with Gasteiger partial charge in [0, 0.05) is 31.2 Å². The van der Waals surface area contributed by atoms with Crippen LogP contribution in [0.2, 0.25) is 5.02 Å². The van der Waals surface area contributed by atoms with Crippen molar-refractivity contribution in [3.8, 4) is 11.5 Å². The number of fused-ring (bicyclic) bond motifs is 1. The van der Waals surface area contributed by atoms with Gasteiger partial charge >= 0.3 is 0 Å². The normalized spacial score (nSPS) is 13.7. The summed E-state index contributed by atoms with van der Waals surface area (Å²) in [6, 6.07) is 15.5. The van der Waals surface area contributed by atoms with E-state index in [1.54, 1.807) is 7.11 Å². The summed E-state index contributed by atoms with van der Waals surface area (Å²) in [5.74, 6) is 1.14. The molecule has 7 heteroatoms. The Morgan fingerprint density at radius 2 is 1.87 bits per heavy atom. The molecule has 156 valence electrons. The minimum atomic E-state index is -0.130. The minimum absolute atomic E-state index is 0.130. The molecule has 0 radical (unpaired) electrons. The van der Waals surface area contributed by atoms with Gasteiger partial charge in [0.2, 0.25) is 5.43 Å². The van der Waals surface area contributed by atoms with E-state index in [0.717, 1.165) is 47.2 Å². The lowest BCUT2D eigenvalue weighted by Crippen LogP contribution is -2.35. The lowest BCUT2D eigenvalue weighted by atomic mass is 10.1. The molecule has 0 atom stereocenters. The fourth-order valence-corrected chi connectivity index (χ4v) is 4.28. The van der Waals surface area contributed by atoms with Gasteiger partial charge in [-0.15, -0.1) is 0 Å². The summed E-state index contributed by atoms with van der Waals surface area (Å²) in [5, 5.41) is 0.766. The number of pyridine rings is 1. The molecule has 0 spiro atoms. The zero-order valence-corrected chi connectivity index (χ0v) is 18.9. The maximum absolute atomic E-state index is 12.8. The average Bonchev–Trinajstić information content (AvgIpc) is 2.77. The first kappa shape index (κ1) is 21.0. The lowest BCUT2D eigenvalue weighted by molar-refractivity contribution is 0.207. The number of aromatic nitrogens is 1. The number of benzene rings is 2. The second-order valence-electron chi connectivity index (χ2n) is 7.22. The highest BCUT2D eigenvalue weighted by Gasteiger charge is 2.22. The van der Waals surface area contributed by atoms with Crippen LogP contribution in [0.1, 0.15) is 16.8 Å². The molecule has 4 rings (SSSR count). The van der Waals surface area contributed by atoms with Crippen molar-refractivity contribution in [2.45, 2.75) is 26.2 Å². The van der Waals surface area contributed by atoms with Crippen molar-refractivity contribution in [3.05, 3.63) is 91.3 Å². The largest absolute Gasteiger partial charge is 0.497 e. The molecule has 1 aliphatic rings. The number of rotatable bonds is 6. The van der Waals surface area contributed by atoms with Crippen molar-refractivity contribution in [2.75, 3.05) is 13.7 Å². The van der Waals surface area contributed by atoms with Crippen molar-refractivity contribution >= 4 is 27.5 Å². The third-order valence-electron chi connectivity index (χ3n) is 5.23. The van der Waals surface area contributed by atoms with Gasteiger partial charge in [0.25, 0.3) is 0 Å². The molecule has 0 amide bonds. The number of ether oxygens (including phenoxy) is 2. The van der Waals surface area contributed by atoms with Gasteiger partial charge in [-0.3, -0.25) is 9.69 Å². The van der Waals surface area contributed by atoms with Crippen molar-refractivity contribution in [2.24, 2.45) is 0 Å². The highest BCUT2D eigenvalue weighted by molar-refractivity contribution is 9.10. The maximum atomic E-state index is 12.8. The van der Waals surface area contributed by atoms with E-state index in [-0.39, 0.29) is 5.43 Å². The van der Waals surface area contributed by atoms with Crippen LogP contribution in [-0.2, 0) is 26.2 Å². The first-order chi connectivity index (χ1) is 14.5. The van der Waals surface area contributed by atoms with E-state index in [2.05, 4.69) is 25.4 Å². The van der Waals surface area contributed by atoms with E-state index < -0.39 is 0 Å². The second kappa shape index (κ2) is 9.25. The molecule has 2 aromatic carbocycles. The summed E-state index contributed by atoms with van der Waals surface area (Å²) >= 11 is 9.82. The molecule has 0 N–H and O–H groups in total. The molecule has 5 nitrogen and oxygen atoms in total. The molecular weight excluding hydrogens is 468 g/mol. The topological polar surface area (TPSA) is 43.7 Å². The maximum Gasteiger partial charge on any atom is 0.237 e. The van der Waals surface area contributed by atoms with Crippen LogP contribution in [-0.4, -0.2) is 23.1 Å². The number of nitrogens with zero attached hydrogens (tertiary/aromatic N) is 2. The summed E-state index contributed by atoms with van der Waals surface area (Å²) in [5.41, 5.74) is 2.88. The first-order valence-corrected chi connectivity index (χ1v) is 10.9. The molecule has 30 heavy (non-hydrogen) atoms. The molecule has 2 heterocycles. The van der Waals surface area contributed by atoms with Crippen molar-refractivity contribution < 1.29 is 9.47 Å². The summed E-state index contributed by atoms with van der Waals surface area (Å²) in [6.07, 6.45) is 1.82. The van der Waals surface area contributed by atoms with E-state index in [1.165, 1.54) is 0 Å². The molecule has 1 aliphatic heterocycles. The summed E-state index contributed by atoms with van der Waals surface area (Å²) in [7, 11) is 1.63. The highest BCUT2D eigenvalue weighted by Crippen LogP contribution is 2.25. The molecule has 0 aliphatic carbocycles. The van der Waals surface area contributed by atoms with E-state index in [9.17, 15) is 4.79 Å². The number of hydrogen-bond acceptors (Lipinski definition) is 4. The van der Waals surface area contributed by atoms with E-state index in [1.807, 2.05) is 54.7 Å². The van der Waals surface area contributed by atoms with Gasteiger partial charge in [-0.25, -0.2) is 0 Å². The third-order valence-corrected chi connectivity index (χ3v) is 6.42. The Labute approximate surface area is 188 Å².